The fourth-order valence-electron chi connectivity index (χ4n) is 2.76. The molecule has 30 heavy (non-hydrogen) atoms. The summed E-state index contributed by atoms with van der Waals surface area (Å²) < 4.78 is 0.881. The summed E-state index contributed by atoms with van der Waals surface area (Å²) >= 11 is 12.6. The molecule has 0 saturated carbocycles. The maximum Gasteiger partial charge on any atom is 0.354 e. The van der Waals surface area contributed by atoms with Gasteiger partial charge in [-0.15, -0.1) is 10.2 Å². The van der Waals surface area contributed by atoms with Gasteiger partial charge in [0, 0.05) is 11.3 Å². The molecule has 1 amide bonds. The first-order valence-electron chi connectivity index (χ1n) is 8.34. The maximum atomic E-state index is 13.0. The van der Waals surface area contributed by atoms with Gasteiger partial charge in [-0.05, 0) is 18.2 Å². The van der Waals surface area contributed by atoms with Crippen molar-refractivity contribution in [3.8, 4) is 11.3 Å². The normalized spacial score (nSPS) is 10.9. The summed E-state index contributed by atoms with van der Waals surface area (Å²) in [4.78, 5) is 37.5. The van der Waals surface area contributed by atoms with Crippen molar-refractivity contribution in [3.63, 3.8) is 0 Å². The van der Waals surface area contributed by atoms with Gasteiger partial charge < -0.3 is 10.4 Å². The maximum absolute atomic E-state index is 13.0. The molecule has 0 saturated heterocycles. The topological polar surface area (TPSA) is 114 Å². The Morgan fingerprint density at radius 3 is 2.43 bits per heavy atom. The molecule has 0 fully saturated rings. The van der Waals surface area contributed by atoms with Gasteiger partial charge in [-0.3, -0.25) is 9.59 Å². The van der Waals surface area contributed by atoms with Gasteiger partial charge in [0.05, 0.1) is 10.0 Å². The third-order valence-corrected chi connectivity index (χ3v) is 5.87. The predicted molar refractivity (Wildman–Crippen MR) is 114 cm³/mol. The summed E-state index contributed by atoms with van der Waals surface area (Å²) in [5.41, 5.74) is -0.414. The minimum absolute atomic E-state index is 0.0173. The Morgan fingerprint density at radius 1 is 1.03 bits per heavy atom. The average molecular weight is 461 g/mol. The van der Waals surface area contributed by atoms with Crippen molar-refractivity contribution in [1.82, 2.24) is 14.6 Å². The predicted octanol–water partition coefficient (Wildman–Crippen LogP) is 4.08. The van der Waals surface area contributed by atoms with Gasteiger partial charge >= 0.3 is 5.97 Å². The fourth-order valence-corrected chi connectivity index (χ4v) is 4.01. The molecule has 0 spiro atoms. The van der Waals surface area contributed by atoms with E-state index in [1.54, 1.807) is 30.3 Å². The lowest BCUT2D eigenvalue weighted by Gasteiger charge is -2.06. The number of rotatable bonds is 4. The SMILES string of the molecule is O=C(Nc1ccc(Cl)c(Cl)c1)c1sc2nnc(-c3ccccc3)c(=O)n2c1C(=O)O. The van der Waals surface area contributed by atoms with Crippen LogP contribution in [0.2, 0.25) is 10.0 Å². The molecule has 0 unspecified atom stereocenters. The van der Waals surface area contributed by atoms with Gasteiger partial charge in [0.1, 0.15) is 4.88 Å². The molecule has 0 atom stereocenters. The molecule has 2 heterocycles. The highest BCUT2D eigenvalue weighted by Gasteiger charge is 2.27. The molecule has 0 aliphatic rings. The quantitative estimate of drug-likeness (QED) is 0.474. The smallest absolute Gasteiger partial charge is 0.354 e. The van der Waals surface area contributed by atoms with Crippen molar-refractivity contribution in [3.05, 3.63) is 79.5 Å². The molecule has 0 aliphatic heterocycles. The number of aromatic carboxylic acids is 1. The molecule has 2 aromatic carbocycles. The van der Waals surface area contributed by atoms with Crippen LogP contribution in [-0.4, -0.2) is 31.6 Å². The Kier molecular flexibility index (Phi) is 5.25. The van der Waals surface area contributed by atoms with Gasteiger partial charge in [0.25, 0.3) is 11.5 Å². The molecule has 2 aromatic heterocycles. The van der Waals surface area contributed by atoms with Crippen LogP contribution in [0.5, 0.6) is 0 Å². The van der Waals surface area contributed by atoms with Gasteiger partial charge in [0.2, 0.25) is 4.96 Å². The van der Waals surface area contributed by atoms with Crippen LogP contribution in [0.25, 0.3) is 16.2 Å². The first-order chi connectivity index (χ1) is 14.4. The summed E-state index contributed by atoms with van der Waals surface area (Å²) in [6, 6.07) is 12.9. The summed E-state index contributed by atoms with van der Waals surface area (Å²) in [7, 11) is 0. The Hall–Kier alpha value is -3.27. The molecule has 8 nitrogen and oxygen atoms in total. The lowest BCUT2D eigenvalue weighted by Crippen LogP contribution is -2.23. The van der Waals surface area contributed by atoms with Crippen molar-refractivity contribution in [2.75, 3.05) is 5.32 Å². The van der Waals surface area contributed by atoms with Crippen LogP contribution in [-0.2, 0) is 0 Å². The second-order valence-corrected chi connectivity index (χ2v) is 7.80. The summed E-state index contributed by atoms with van der Waals surface area (Å²) in [6.45, 7) is 0. The number of carboxylic acids is 1. The molecule has 150 valence electrons. The zero-order valence-electron chi connectivity index (χ0n) is 14.8. The van der Waals surface area contributed by atoms with Crippen molar-refractivity contribution < 1.29 is 14.7 Å². The number of fused-ring (bicyclic) bond motifs is 1. The number of benzene rings is 2. The first kappa shape index (κ1) is 20.0. The molecular weight excluding hydrogens is 451 g/mol. The van der Waals surface area contributed by atoms with E-state index in [4.69, 9.17) is 23.2 Å². The number of aromatic nitrogens is 3. The zero-order valence-corrected chi connectivity index (χ0v) is 17.1. The van der Waals surface area contributed by atoms with Gasteiger partial charge in [-0.2, -0.15) is 0 Å². The Bertz CT molecular complexity index is 1370. The third-order valence-electron chi connectivity index (χ3n) is 4.10. The lowest BCUT2D eigenvalue weighted by atomic mass is 10.2. The molecule has 2 N–H and O–H groups in total. The molecule has 0 aliphatic carbocycles. The summed E-state index contributed by atoms with van der Waals surface area (Å²) in [5.74, 6) is -2.18. The first-order valence-corrected chi connectivity index (χ1v) is 9.91. The summed E-state index contributed by atoms with van der Waals surface area (Å²) in [5, 5.41) is 20.7. The van der Waals surface area contributed by atoms with E-state index in [-0.39, 0.29) is 20.6 Å². The van der Waals surface area contributed by atoms with Gasteiger partial charge in [-0.25, -0.2) is 9.20 Å². The second-order valence-electron chi connectivity index (χ2n) is 6.01. The van der Waals surface area contributed by atoms with E-state index in [0.717, 1.165) is 15.7 Å². The Balaban J connectivity index is 1.84. The lowest BCUT2D eigenvalue weighted by molar-refractivity contribution is 0.0685. The Morgan fingerprint density at radius 2 is 1.77 bits per heavy atom. The number of carboxylic acid groups (broad SMARTS) is 1. The van der Waals surface area contributed by atoms with Crippen molar-refractivity contribution in [1.29, 1.82) is 0 Å². The number of carbonyl (C=O) groups excluding carboxylic acids is 1. The van der Waals surface area contributed by atoms with E-state index in [2.05, 4.69) is 15.5 Å². The highest BCUT2D eigenvalue weighted by atomic mass is 35.5. The highest BCUT2D eigenvalue weighted by Crippen LogP contribution is 2.27. The van der Waals surface area contributed by atoms with E-state index in [0.29, 0.717) is 16.3 Å². The van der Waals surface area contributed by atoms with E-state index < -0.39 is 23.1 Å². The number of halogens is 2. The fraction of sp³-hybridized carbons (Fsp3) is 0. The minimum atomic E-state index is -1.45. The monoisotopic (exact) mass is 460 g/mol. The molecule has 11 heteroatoms. The number of hydrogen-bond donors (Lipinski definition) is 2. The third kappa shape index (κ3) is 3.54. The van der Waals surface area contributed by atoms with Crippen LogP contribution in [0, 0.1) is 0 Å². The van der Waals surface area contributed by atoms with Crippen LogP contribution in [0.4, 0.5) is 5.69 Å². The number of amides is 1. The number of anilines is 1. The molecule has 4 rings (SSSR count). The largest absolute Gasteiger partial charge is 0.477 e. The molecule has 0 bridgehead atoms. The van der Waals surface area contributed by atoms with Crippen LogP contribution in [0.3, 0.4) is 0 Å². The zero-order chi connectivity index (χ0) is 21.4. The number of carbonyl (C=O) groups is 2. The van der Waals surface area contributed by atoms with Crippen LogP contribution in [0.15, 0.2) is 53.3 Å². The number of hydrogen-bond acceptors (Lipinski definition) is 6. The van der Waals surface area contributed by atoms with E-state index in [1.807, 2.05) is 0 Å². The number of nitrogens with one attached hydrogen (secondary N) is 1. The van der Waals surface area contributed by atoms with Crippen LogP contribution < -0.4 is 10.9 Å². The molecule has 4 aromatic rings. The van der Waals surface area contributed by atoms with Crippen LogP contribution >= 0.6 is 34.5 Å². The second kappa shape index (κ2) is 7.86. The van der Waals surface area contributed by atoms with E-state index in [1.165, 1.54) is 18.2 Å². The standard InChI is InChI=1S/C19H10Cl2N4O4S/c20-11-7-6-10(8-12(11)21)22-16(26)15-14(18(28)29)25-17(27)13(23-24-19(25)30-15)9-4-2-1-3-5-9/h1-8H,(H,22,26)(H,28,29). The van der Waals surface area contributed by atoms with Gasteiger partial charge in [0.15, 0.2) is 11.4 Å². The van der Waals surface area contributed by atoms with Crippen molar-refractivity contribution in [2.45, 2.75) is 0 Å². The van der Waals surface area contributed by atoms with E-state index in [9.17, 15) is 19.5 Å². The minimum Gasteiger partial charge on any atom is -0.477 e. The number of thiazole rings is 1. The highest BCUT2D eigenvalue weighted by molar-refractivity contribution is 7.19. The average Bonchev–Trinajstić information content (AvgIpc) is 3.13. The summed E-state index contributed by atoms with van der Waals surface area (Å²) in [6.07, 6.45) is 0. The van der Waals surface area contributed by atoms with Crippen molar-refractivity contribution >= 4 is 57.1 Å². The Labute approximate surface area is 182 Å². The van der Waals surface area contributed by atoms with Crippen molar-refractivity contribution in [2.24, 2.45) is 0 Å². The molecule has 0 radical (unpaired) electrons. The van der Waals surface area contributed by atoms with Gasteiger partial charge in [-0.1, -0.05) is 64.9 Å². The number of nitrogens with zero attached hydrogens (tertiary/aromatic N) is 3. The van der Waals surface area contributed by atoms with Crippen LogP contribution in [0.1, 0.15) is 20.2 Å². The molecular formula is C19H10Cl2N4O4S. The van der Waals surface area contributed by atoms with E-state index >= 15 is 0 Å².